The van der Waals surface area contributed by atoms with Crippen LogP contribution in [-0.2, 0) is 0 Å². The van der Waals surface area contributed by atoms with E-state index < -0.39 is 0 Å². The molecule has 0 atom stereocenters. The van der Waals surface area contributed by atoms with E-state index >= 15 is 0 Å². The summed E-state index contributed by atoms with van der Waals surface area (Å²) in [6.45, 7) is 2.15. The molecular weight excluding hydrogens is 99.0 g/mol. The fourth-order valence-corrected chi connectivity index (χ4v) is 0.919. The molecule has 0 bridgehead atoms. The van der Waals surface area contributed by atoms with Gasteiger partial charge in [0.2, 0.25) is 0 Å². The fourth-order valence-electron chi connectivity index (χ4n) is 0.534. The van der Waals surface area contributed by atoms with Crippen LogP contribution in [0, 0.1) is 0 Å². The predicted molar refractivity (Wildman–Crippen MR) is 37.4 cm³/mol. The van der Waals surface area contributed by atoms with Crippen LogP contribution in [0.4, 0.5) is 0 Å². The van der Waals surface area contributed by atoms with Gasteiger partial charge in [-0.2, -0.15) is 0 Å². The van der Waals surface area contributed by atoms with Crippen LogP contribution < -0.4 is 5.08 Å². The van der Waals surface area contributed by atoms with Crippen molar-refractivity contribution in [1.29, 1.82) is 0 Å². The maximum atomic E-state index is 2.15. The van der Waals surface area contributed by atoms with Gasteiger partial charge in [0.25, 0.3) is 0 Å². The Labute approximate surface area is 47.2 Å². The van der Waals surface area contributed by atoms with Crippen LogP contribution in [0.25, 0.3) is 0 Å². The summed E-state index contributed by atoms with van der Waals surface area (Å²) < 4.78 is 0. The van der Waals surface area contributed by atoms with Crippen molar-refractivity contribution in [2.24, 2.45) is 0 Å². The second-order valence-electron chi connectivity index (χ2n) is 1.65. The summed E-state index contributed by atoms with van der Waals surface area (Å²) in [5.74, 6) is 2.07. The molecule has 0 aromatic carbocycles. The van der Waals surface area contributed by atoms with Crippen LogP contribution in [-0.4, -0.2) is 17.2 Å². The molecule has 1 rings (SSSR count). The molecule has 0 amide bonds. The first kappa shape index (κ1) is 4.78. The summed E-state index contributed by atoms with van der Waals surface area (Å²) in [5.41, 5.74) is 0. The second kappa shape index (κ2) is 2.07. The van der Waals surface area contributed by atoms with Gasteiger partial charge in [-0.1, -0.05) is 0 Å². The molecule has 1 aromatic rings. The van der Waals surface area contributed by atoms with Crippen LogP contribution in [0.15, 0.2) is 24.2 Å². The number of rotatable bonds is 0. The van der Waals surface area contributed by atoms with Crippen molar-refractivity contribution >= 4 is 22.2 Å². The zero-order chi connectivity index (χ0) is 5.11. The molecule has 2 heteroatoms. The van der Waals surface area contributed by atoms with E-state index in [1.807, 2.05) is 6.07 Å². The molecule has 1 aromatic heterocycles. The molecule has 1 heterocycles. The van der Waals surface area contributed by atoms with E-state index in [1.165, 1.54) is 15.3 Å². The average molecular weight is 106 g/mol. The fraction of sp³-hybridized carbons (Fsp3) is 0. The van der Waals surface area contributed by atoms with E-state index in [1.54, 1.807) is 0 Å². The summed E-state index contributed by atoms with van der Waals surface area (Å²) >= 11 is 0. The second-order valence-corrected chi connectivity index (χ2v) is 2.81. The van der Waals surface area contributed by atoms with Crippen molar-refractivity contribution in [2.45, 2.75) is 0 Å². The maximum absolute atomic E-state index is 2.15. The van der Waals surface area contributed by atoms with Gasteiger partial charge in [-0.25, -0.2) is 0 Å². The summed E-state index contributed by atoms with van der Waals surface area (Å²) in [7, 11) is 1.17. The van der Waals surface area contributed by atoms with E-state index in [4.69, 9.17) is 0 Å². The van der Waals surface area contributed by atoms with Crippen molar-refractivity contribution in [2.75, 3.05) is 0 Å². The minimum absolute atomic E-state index is 1.17. The molecule has 34 valence electrons. The number of hydrogen-bond donors (Lipinski definition) is 0. The van der Waals surface area contributed by atoms with Crippen LogP contribution in [0.5, 0.6) is 0 Å². The molecule has 0 saturated heterocycles. The summed E-state index contributed by atoms with van der Waals surface area (Å²) in [6, 6.07) is 6.26. The Balaban J connectivity index is 3.02. The molecular formula is C5H7BSi. The van der Waals surface area contributed by atoms with Gasteiger partial charge in [-0.15, -0.1) is 0 Å². The van der Waals surface area contributed by atoms with Gasteiger partial charge < -0.3 is 0 Å². The van der Waals surface area contributed by atoms with Gasteiger partial charge in [-0.05, 0) is 0 Å². The van der Waals surface area contributed by atoms with Crippen LogP contribution >= 0.6 is 0 Å². The standard InChI is InChI=1S/C5H7BSi/c7-5-3-1-2-4-6-5/h1-4H,7H3. The summed E-state index contributed by atoms with van der Waals surface area (Å²) in [6.07, 6.45) is 0. The van der Waals surface area contributed by atoms with Gasteiger partial charge >= 0.3 is 46.4 Å². The Kier molecular flexibility index (Phi) is 1.42. The van der Waals surface area contributed by atoms with Crippen molar-refractivity contribution in [3.05, 3.63) is 24.2 Å². The van der Waals surface area contributed by atoms with Crippen molar-refractivity contribution in [3.8, 4) is 0 Å². The molecule has 0 aliphatic rings. The molecule has 0 nitrogen and oxygen atoms in total. The van der Waals surface area contributed by atoms with Crippen LogP contribution in [0.3, 0.4) is 0 Å². The Hall–Kier alpha value is -0.368. The molecule has 0 unspecified atom stereocenters. The normalized spacial score (nSPS) is 8.57. The van der Waals surface area contributed by atoms with Gasteiger partial charge in [0.1, 0.15) is 0 Å². The third-order valence-electron chi connectivity index (χ3n) is 0.940. The Morgan fingerprint density at radius 3 is 2.57 bits per heavy atom. The topological polar surface area (TPSA) is 0 Å². The SMILES string of the molecule is [SiH3]c1bcccc1. The molecule has 0 radical (unpaired) electrons. The third-order valence-corrected chi connectivity index (χ3v) is 1.61. The Bertz CT molecular complexity index is 138. The predicted octanol–water partition coefficient (Wildman–Crippen LogP) is -0.985. The average Bonchev–Trinajstić information content (AvgIpc) is 1.69. The molecule has 0 fully saturated rings. The zero-order valence-corrected chi connectivity index (χ0v) is 6.39. The first-order chi connectivity index (χ1) is 3.39. The summed E-state index contributed by atoms with van der Waals surface area (Å²) in [4.78, 5) is 0. The van der Waals surface area contributed by atoms with Gasteiger partial charge in [0, 0.05) is 0 Å². The first-order valence-corrected chi connectivity index (χ1v) is 3.41. The van der Waals surface area contributed by atoms with Crippen molar-refractivity contribution in [1.82, 2.24) is 0 Å². The van der Waals surface area contributed by atoms with E-state index in [0.717, 1.165) is 0 Å². The van der Waals surface area contributed by atoms with Crippen LogP contribution in [0.2, 0.25) is 0 Å². The zero-order valence-electron chi connectivity index (χ0n) is 4.39. The quantitative estimate of drug-likeness (QED) is 0.373. The molecule has 0 aliphatic carbocycles. The van der Waals surface area contributed by atoms with E-state index in [0.29, 0.717) is 0 Å². The van der Waals surface area contributed by atoms with Crippen molar-refractivity contribution in [3.63, 3.8) is 0 Å². The van der Waals surface area contributed by atoms with E-state index in [9.17, 15) is 0 Å². The van der Waals surface area contributed by atoms with Gasteiger partial charge in [-0.3, -0.25) is 0 Å². The van der Waals surface area contributed by atoms with E-state index in [2.05, 4.69) is 25.0 Å². The van der Waals surface area contributed by atoms with Gasteiger partial charge in [0.05, 0.1) is 0 Å². The van der Waals surface area contributed by atoms with Gasteiger partial charge in [0.15, 0.2) is 0 Å². The summed E-state index contributed by atoms with van der Waals surface area (Å²) in [5, 5.41) is 1.46. The molecule has 0 N–H and O–H groups in total. The Morgan fingerprint density at radius 2 is 2.29 bits per heavy atom. The first-order valence-electron chi connectivity index (χ1n) is 2.41. The van der Waals surface area contributed by atoms with Crippen molar-refractivity contribution < 1.29 is 0 Å². The minimum atomic E-state index is 1.17. The molecule has 0 saturated carbocycles. The van der Waals surface area contributed by atoms with Crippen LogP contribution in [0.1, 0.15) is 0 Å². The molecule has 0 aliphatic heterocycles. The number of hydrogen-bond acceptors (Lipinski definition) is 0. The third kappa shape index (κ3) is 1.28. The molecule has 7 heavy (non-hydrogen) atoms. The monoisotopic (exact) mass is 106 g/mol. The molecule has 0 spiro atoms. The van der Waals surface area contributed by atoms with E-state index in [-0.39, 0.29) is 0 Å². The Morgan fingerprint density at radius 1 is 1.43 bits per heavy atom.